The van der Waals surface area contributed by atoms with E-state index in [0.717, 1.165) is 38.0 Å². The van der Waals surface area contributed by atoms with E-state index in [-0.39, 0.29) is 16.6 Å². The third-order valence-electron chi connectivity index (χ3n) is 6.99. The van der Waals surface area contributed by atoms with Gasteiger partial charge >= 0.3 is 0 Å². The second-order valence-corrected chi connectivity index (χ2v) is 11.1. The van der Waals surface area contributed by atoms with Gasteiger partial charge in [-0.3, -0.25) is 4.79 Å². The van der Waals surface area contributed by atoms with Crippen LogP contribution in [0, 0.1) is 11.3 Å². The van der Waals surface area contributed by atoms with Crippen molar-refractivity contribution in [3.05, 3.63) is 51.4 Å². The van der Waals surface area contributed by atoms with Crippen molar-refractivity contribution < 1.29 is 4.74 Å². The van der Waals surface area contributed by atoms with Gasteiger partial charge in [-0.25, -0.2) is 4.68 Å². The van der Waals surface area contributed by atoms with Crippen LogP contribution in [0.1, 0.15) is 50.1 Å². The molecule has 3 fully saturated rings. The molecular weight excluding hydrogens is 470 g/mol. The highest BCUT2D eigenvalue weighted by atomic mass is 35.5. The van der Waals surface area contributed by atoms with Gasteiger partial charge in [-0.15, -0.1) is 0 Å². The minimum Gasteiger partial charge on any atom is -0.381 e. The number of nitriles is 1. The Kier molecular flexibility index (Phi) is 7.33. The van der Waals surface area contributed by atoms with Crippen LogP contribution in [0.5, 0.6) is 0 Å². The molecule has 2 heterocycles. The van der Waals surface area contributed by atoms with Crippen LogP contribution in [-0.2, 0) is 4.74 Å². The SMILES string of the molecule is N#Cc1ccc(N(C2CC2)C2CCC(n3ncc(NCC4COCCS4)c(Cl)c3=O)CC2)cc1. The molecule has 3 aliphatic rings. The standard InChI is InChI=1S/C25H30ClN5O2S/c26-24-23(28-14-22-16-33-11-12-34-22)15-29-31(25(24)32)21-9-7-20(8-10-21)30(19-5-6-19)18-3-1-17(13-27)2-4-18/h1-4,15,19-22,28H,5-12,14,16H2. The Labute approximate surface area is 209 Å². The number of thioether (sulfide) groups is 1. The summed E-state index contributed by atoms with van der Waals surface area (Å²) in [4.78, 5) is 15.6. The molecule has 2 aliphatic carbocycles. The smallest absolute Gasteiger partial charge is 0.287 e. The lowest BCUT2D eigenvalue weighted by atomic mass is 9.89. The van der Waals surface area contributed by atoms with Gasteiger partial charge in [0.05, 0.1) is 42.8 Å². The molecule has 2 saturated carbocycles. The highest BCUT2D eigenvalue weighted by Crippen LogP contribution is 2.39. The predicted molar refractivity (Wildman–Crippen MR) is 137 cm³/mol. The summed E-state index contributed by atoms with van der Waals surface area (Å²) < 4.78 is 7.10. The third-order valence-corrected chi connectivity index (χ3v) is 8.53. The number of nitrogens with one attached hydrogen (secondary N) is 1. The second-order valence-electron chi connectivity index (χ2n) is 9.33. The van der Waals surface area contributed by atoms with Crippen molar-refractivity contribution in [1.82, 2.24) is 9.78 Å². The molecule has 1 aromatic carbocycles. The molecule has 1 aromatic heterocycles. The molecular formula is C25H30ClN5O2S. The molecule has 1 N–H and O–H groups in total. The largest absolute Gasteiger partial charge is 0.381 e. The van der Waals surface area contributed by atoms with E-state index >= 15 is 0 Å². The maximum atomic E-state index is 13.0. The van der Waals surface area contributed by atoms with E-state index in [2.05, 4.69) is 33.5 Å². The highest BCUT2D eigenvalue weighted by molar-refractivity contribution is 8.00. The number of benzene rings is 1. The third kappa shape index (κ3) is 5.22. The molecule has 1 saturated heterocycles. The normalized spacial score (nSPS) is 24.9. The first kappa shape index (κ1) is 23.5. The number of halogens is 1. The van der Waals surface area contributed by atoms with Crippen LogP contribution in [0.15, 0.2) is 35.3 Å². The van der Waals surface area contributed by atoms with Crippen molar-refractivity contribution in [2.24, 2.45) is 0 Å². The molecule has 0 spiro atoms. The van der Waals surface area contributed by atoms with Crippen LogP contribution in [0.25, 0.3) is 0 Å². The first-order valence-corrected chi connectivity index (χ1v) is 13.6. The van der Waals surface area contributed by atoms with Crippen LogP contribution in [-0.4, -0.2) is 52.6 Å². The molecule has 180 valence electrons. The van der Waals surface area contributed by atoms with Crippen molar-refractivity contribution in [3.63, 3.8) is 0 Å². The van der Waals surface area contributed by atoms with Crippen LogP contribution in [0.4, 0.5) is 11.4 Å². The molecule has 0 amide bonds. The summed E-state index contributed by atoms with van der Waals surface area (Å²) in [6.07, 6.45) is 7.94. The predicted octanol–water partition coefficient (Wildman–Crippen LogP) is 4.46. The quantitative estimate of drug-likeness (QED) is 0.601. The number of hydrogen-bond donors (Lipinski definition) is 1. The van der Waals surface area contributed by atoms with Gasteiger partial charge < -0.3 is 15.0 Å². The summed E-state index contributed by atoms with van der Waals surface area (Å²) in [6.45, 7) is 2.21. The van der Waals surface area contributed by atoms with Gasteiger partial charge in [-0.1, -0.05) is 11.6 Å². The van der Waals surface area contributed by atoms with Crippen molar-refractivity contribution in [1.29, 1.82) is 5.26 Å². The van der Waals surface area contributed by atoms with Gasteiger partial charge in [0.2, 0.25) is 0 Å². The number of hydrogen-bond acceptors (Lipinski definition) is 7. The minimum absolute atomic E-state index is 0.0691. The average Bonchev–Trinajstić information content (AvgIpc) is 3.72. The van der Waals surface area contributed by atoms with Crippen LogP contribution >= 0.6 is 23.4 Å². The zero-order chi connectivity index (χ0) is 23.5. The van der Waals surface area contributed by atoms with E-state index in [1.165, 1.54) is 18.5 Å². The average molecular weight is 500 g/mol. The molecule has 2 aromatic rings. The number of aromatic nitrogens is 2. The fourth-order valence-corrected chi connectivity index (χ4v) is 6.21. The lowest BCUT2D eigenvalue weighted by Crippen LogP contribution is -2.41. The summed E-state index contributed by atoms with van der Waals surface area (Å²) in [7, 11) is 0. The van der Waals surface area contributed by atoms with Gasteiger partial charge in [0.15, 0.2) is 0 Å². The fraction of sp³-hybridized carbons (Fsp3) is 0.560. The molecule has 0 bridgehead atoms. The van der Waals surface area contributed by atoms with Gasteiger partial charge in [0, 0.05) is 35.3 Å². The van der Waals surface area contributed by atoms with Gasteiger partial charge in [-0.05, 0) is 62.8 Å². The lowest BCUT2D eigenvalue weighted by molar-refractivity contribution is 0.145. The Morgan fingerprint density at radius 3 is 2.50 bits per heavy atom. The van der Waals surface area contributed by atoms with Gasteiger partial charge in [-0.2, -0.15) is 22.1 Å². The van der Waals surface area contributed by atoms with E-state index in [9.17, 15) is 4.79 Å². The zero-order valence-corrected chi connectivity index (χ0v) is 20.7. The topological polar surface area (TPSA) is 83.2 Å². The molecule has 0 radical (unpaired) electrons. The number of nitrogens with zero attached hydrogens (tertiary/aromatic N) is 4. The number of ether oxygens (including phenoxy) is 1. The summed E-state index contributed by atoms with van der Waals surface area (Å²) in [5.74, 6) is 0.992. The Morgan fingerprint density at radius 1 is 1.18 bits per heavy atom. The maximum absolute atomic E-state index is 13.0. The van der Waals surface area contributed by atoms with E-state index in [0.29, 0.717) is 41.7 Å². The highest BCUT2D eigenvalue weighted by Gasteiger charge is 2.36. The summed E-state index contributed by atoms with van der Waals surface area (Å²) in [5.41, 5.74) is 2.27. The van der Waals surface area contributed by atoms with Crippen molar-refractivity contribution >= 4 is 34.7 Å². The molecule has 1 aliphatic heterocycles. The maximum Gasteiger partial charge on any atom is 0.287 e. The zero-order valence-electron chi connectivity index (χ0n) is 19.2. The Morgan fingerprint density at radius 2 is 1.88 bits per heavy atom. The minimum atomic E-state index is -0.214. The lowest BCUT2D eigenvalue weighted by Gasteiger charge is -2.39. The first-order valence-electron chi connectivity index (χ1n) is 12.1. The Balaban J connectivity index is 1.22. The van der Waals surface area contributed by atoms with Crippen molar-refractivity contribution in [2.75, 3.05) is 35.7 Å². The van der Waals surface area contributed by atoms with Gasteiger partial charge in [0.25, 0.3) is 5.56 Å². The Hall–Kier alpha value is -2.21. The molecule has 1 unspecified atom stereocenters. The van der Waals surface area contributed by atoms with Crippen LogP contribution in [0.3, 0.4) is 0 Å². The van der Waals surface area contributed by atoms with E-state index < -0.39 is 0 Å². The van der Waals surface area contributed by atoms with E-state index in [1.807, 2.05) is 23.9 Å². The fourth-order valence-electron chi connectivity index (χ4n) is 5.07. The van der Waals surface area contributed by atoms with E-state index in [4.69, 9.17) is 21.6 Å². The summed E-state index contributed by atoms with van der Waals surface area (Å²) in [6, 6.07) is 11.2. The van der Waals surface area contributed by atoms with Crippen LogP contribution < -0.4 is 15.8 Å². The Bertz CT molecular complexity index is 1080. The van der Waals surface area contributed by atoms with Gasteiger partial charge in [0.1, 0.15) is 5.02 Å². The second kappa shape index (κ2) is 10.6. The molecule has 7 nitrogen and oxygen atoms in total. The monoisotopic (exact) mass is 499 g/mol. The summed E-state index contributed by atoms with van der Waals surface area (Å²) in [5, 5.41) is 17.5. The summed E-state index contributed by atoms with van der Waals surface area (Å²) >= 11 is 8.34. The van der Waals surface area contributed by atoms with E-state index in [1.54, 1.807) is 10.9 Å². The van der Waals surface area contributed by atoms with Crippen LogP contribution in [0.2, 0.25) is 5.02 Å². The number of rotatable bonds is 7. The molecule has 34 heavy (non-hydrogen) atoms. The van der Waals surface area contributed by atoms with Crippen molar-refractivity contribution in [3.8, 4) is 6.07 Å². The number of anilines is 2. The molecule has 1 atom stereocenters. The molecule has 5 rings (SSSR count). The van der Waals surface area contributed by atoms with Crippen molar-refractivity contribution in [2.45, 2.75) is 61.9 Å². The molecule has 9 heteroatoms. The first-order chi connectivity index (χ1) is 16.6.